The van der Waals surface area contributed by atoms with E-state index in [0.29, 0.717) is 12.1 Å². The predicted molar refractivity (Wildman–Crippen MR) is 85.7 cm³/mol. The summed E-state index contributed by atoms with van der Waals surface area (Å²) in [7, 11) is 3.93. The third kappa shape index (κ3) is 4.12. The molecule has 0 fully saturated rings. The minimum Gasteiger partial charge on any atom is -0.468 e. The van der Waals surface area contributed by atoms with Crippen LogP contribution in [0.25, 0.3) is 0 Å². The number of likely N-dealkylation sites (N-methyl/N-ethyl adjacent to an activating group) is 1. The van der Waals surface area contributed by atoms with Crippen LogP contribution in [0.1, 0.15) is 22.2 Å². The van der Waals surface area contributed by atoms with Gasteiger partial charge in [-0.1, -0.05) is 0 Å². The second-order valence-corrected chi connectivity index (χ2v) is 5.81. The van der Waals surface area contributed by atoms with Crippen molar-refractivity contribution in [2.24, 2.45) is 0 Å². The Morgan fingerprint density at radius 2 is 2.00 bits per heavy atom. The molecule has 112 valence electrons. The maximum absolute atomic E-state index is 12.2. The summed E-state index contributed by atoms with van der Waals surface area (Å²) in [5.41, 5.74) is 0.671. The van der Waals surface area contributed by atoms with Crippen LogP contribution >= 0.6 is 11.8 Å². The maximum Gasteiger partial charge on any atom is 0.251 e. The molecule has 1 heterocycles. The van der Waals surface area contributed by atoms with Crippen molar-refractivity contribution in [3.05, 3.63) is 54.0 Å². The van der Waals surface area contributed by atoms with Gasteiger partial charge >= 0.3 is 0 Å². The normalized spacial score (nSPS) is 12.4. The first-order valence-corrected chi connectivity index (χ1v) is 7.96. The van der Waals surface area contributed by atoms with E-state index in [2.05, 4.69) is 5.32 Å². The van der Waals surface area contributed by atoms with Crippen LogP contribution in [0.3, 0.4) is 0 Å². The lowest BCUT2D eigenvalue weighted by Crippen LogP contribution is -2.34. The summed E-state index contributed by atoms with van der Waals surface area (Å²) in [5, 5.41) is 2.96. The van der Waals surface area contributed by atoms with E-state index >= 15 is 0 Å². The molecule has 1 aromatic heterocycles. The predicted octanol–water partition coefficient (Wildman–Crippen LogP) is 3.03. The van der Waals surface area contributed by atoms with Gasteiger partial charge in [0.2, 0.25) is 0 Å². The van der Waals surface area contributed by atoms with Crippen molar-refractivity contribution < 1.29 is 9.21 Å². The molecule has 2 rings (SSSR count). The molecule has 0 saturated carbocycles. The van der Waals surface area contributed by atoms with Gasteiger partial charge in [-0.2, -0.15) is 0 Å². The second kappa shape index (κ2) is 7.33. The molecule has 1 amide bonds. The summed E-state index contributed by atoms with van der Waals surface area (Å²) in [6.07, 6.45) is 3.66. The Balaban J connectivity index is 1.98. The Labute approximate surface area is 129 Å². The first kappa shape index (κ1) is 15.7. The van der Waals surface area contributed by atoms with Crippen LogP contribution in [-0.4, -0.2) is 37.7 Å². The number of furan rings is 1. The van der Waals surface area contributed by atoms with Crippen molar-refractivity contribution in [1.82, 2.24) is 10.2 Å². The second-order valence-electron chi connectivity index (χ2n) is 4.93. The smallest absolute Gasteiger partial charge is 0.251 e. The molecule has 4 nitrogen and oxygen atoms in total. The number of carbonyl (C=O) groups excluding carboxylic acids is 1. The Kier molecular flexibility index (Phi) is 5.47. The Hall–Kier alpha value is -1.72. The molecule has 1 atom stereocenters. The minimum absolute atomic E-state index is 0.0226. The molecule has 0 aliphatic rings. The van der Waals surface area contributed by atoms with E-state index in [-0.39, 0.29) is 11.9 Å². The quantitative estimate of drug-likeness (QED) is 0.833. The van der Waals surface area contributed by atoms with E-state index < -0.39 is 0 Å². The Bertz CT molecular complexity index is 564. The number of benzene rings is 1. The van der Waals surface area contributed by atoms with Gasteiger partial charge in [0.25, 0.3) is 5.91 Å². The van der Waals surface area contributed by atoms with Crippen molar-refractivity contribution in [1.29, 1.82) is 0 Å². The van der Waals surface area contributed by atoms with E-state index in [9.17, 15) is 4.79 Å². The van der Waals surface area contributed by atoms with Crippen LogP contribution in [0.5, 0.6) is 0 Å². The Morgan fingerprint density at radius 1 is 1.29 bits per heavy atom. The van der Waals surface area contributed by atoms with Crippen LogP contribution in [0, 0.1) is 0 Å². The van der Waals surface area contributed by atoms with Crippen molar-refractivity contribution in [2.45, 2.75) is 10.9 Å². The fraction of sp³-hybridized carbons (Fsp3) is 0.312. The van der Waals surface area contributed by atoms with E-state index in [4.69, 9.17) is 4.42 Å². The van der Waals surface area contributed by atoms with E-state index in [1.54, 1.807) is 18.0 Å². The molecule has 1 unspecified atom stereocenters. The van der Waals surface area contributed by atoms with Gasteiger partial charge in [-0.3, -0.25) is 9.69 Å². The highest BCUT2D eigenvalue weighted by atomic mass is 32.2. The van der Waals surface area contributed by atoms with Crippen LogP contribution in [0.15, 0.2) is 52.0 Å². The number of thioether (sulfide) groups is 1. The molecule has 0 aliphatic carbocycles. The fourth-order valence-corrected chi connectivity index (χ4v) is 2.46. The molecule has 0 bridgehead atoms. The zero-order valence-corrected chi connectivity index (χ0v) is 13.3. The molecule has 5 heteroatoms. The van der Waals surface area contributed by atoms with Crippen molar-refractivity contribution >= 4 is 17.7 Å². The average molecular weight is 304 g/mol. The van der Waals surface area contributed by atoms with Crippen molar-refractivity contribution in [3.63, 3.8) is 0 Å². The van der Waals surface area contributed by atoms with Crippen LogP contribution in [0.4, 0.5) is 0 Å². The zero-order valence-electron chi connectivity index (χ0n) is 12.5. The summed E-state index contributed by atoms with van der Waals surface area (Å²) in [4.78, 5) is 15.3. The number of rotatable bonds is 6. The SMILES string of the molecule is CSc1ccc(C(=O)NCC(c2ccco2)N(C)C)cc1. The van der Waals surface area contributed by atoms with Gasteiger partial charge in [-0.05, 0) is 56.7 Å². The van der Waals surface area contributed by atoms with Crippen LogP contribution in [0.2, 0.25) is 0 Å². The van der Waals surface area contributed by atoms with E-state index in [1.165, 1.54) is 0 Å². The fourth-order valence-electron chi connectivity index (χ4n) is 2.05. The number of amides is 1. The number of hydrogen-bond acceptors (Lipinski definition) is 4. The summed E-state index contributed by atoms with van der Waals surface area (Å²) in [6.45, 7) is 0.504. The molecule has 1 aromatic carbocycles. The lowest BCUT2D eigenvalue weighted by Gasteiger charge is -2.22. The molecule has 0 spiro atoms. The average Bonchev–Trinajstić information content (AvgIpc) is 3.01. The van der Waals surface area contributed by atoms with Crippen LogP contribution < -0.4 is 5.32 Å². The molecule has 0 aliphatic heterocycles. The number of carbonyl (C=O) groups is 1. The van der Waals surface area contributed by atoms with Gasteiger partial charge in [-0.15, -0.1) is 11.8 Å². The summed E-state index contributed by atoms with van der Waals surface area (Å²) >= 11 is 1.66. The standard InChI is InChI=1S/C16H20N2O2S/c1-18(2)14(15-5-4-10-20-15)11-17-16(19)12-6-8-13(21-3)9-7-12/h4-10,14H,11H2,1-3H3,(H,17,19). The monoisotopic (exact) mass is 304 g/mol. The first-order valence-electron chi connectivity index (χ1n) is 6.74. The number of hydrogen-bond donors (Lipinski definition) is 1. The molecule has 2 aromatic rings. The summed E-state index contributed by atoms with van der Waals surface area (Å²) in [6, 6.07) is 11.4. The topological polar surface area (TPSA) is 45.5 Å². The molecule has 1 N–H and O–H groups in total. The maximum atomic E-state index is 12.2. The highest BCUT2D eigenvalue weighted by molar-refractivity contribution is 7.98. The summed E-state index contributed by atoms with van der Waals surface area (Å²) in [5.74, 6) is 0.777. The largest absolute Gasteiger partial charge is 0.468 e. The molecule has 21 heavy (non-hydrogen) atoms. The lowest BCUT2D eigenvalue weighted by molar-refractivity contribution is 0.0939. The van der Waals surface area contributed by atoms with E-state index in [0.717, 1.165) is 10.7 Å². The lowest BCUT2D eigenvalue weighted by atomic mass is 10.2. The van der Waals surface area contributed by atoms with Gasteiger partial charge in [0.05, 0.1) is 12.3 Å². The third-order valence-corrected chi connectivity index (χ3v) is 4.05. The van der Waals surface area contributed by atoms with Gasteiger partial charge in [0.1, 0.15) is 5.76 Å². The van der Waals surface area contributed by atoms with Crippen molar-refractivity contribution in [3.8, 4) is 0 Å². The van der Waals surface area contributed by atoms with Gasteiger partial charge in [0.15, 0.2) is 0 Å². The first-order chi connectivity index (χ1) is 10.1. The summed E-state index contributed by atoms with van der Waals surface area (Å²) < 4.78 is 5.43. The number of nitrogens with one attached hydrogen (secondary N) is 1. The molecular formula is C16H20N2O2S. The molecule has 0 saturated heterocycles. The zero-order chi connectivity index (χ0) is 15.2. The minimum atomic E-state index is -0.0685. The van der Waals surface area contributed by atoms with Crippen molar-refractivity contribution in [2.75, 3.05) is 26.9 Å². The van der Waals surface area contributed by atoms with Gasteiger partial charge in [-0.25, -0.2) is 0 Å². The highest BCUT2D eigenvalue weighted by Crippen LogP contribution is 2.18. The third-order valence-electron chi connectivity index (χ3n) is 3.30. The van der Waals surface area contributed by atoms with Gasteiger partial charge in [0, 0.05) is 17.0 Å². The van der Waals surface area contributed by atoms with Crippen LogP contribution in [-0.2, 0) is 0 Å². The number of nitrogens with zero attached hydrogens (tertiary/aromatic N) is 1. The Morgan fingerprint density at radius 3 is 2.52 bits per heavy atom. The highest BCUT2D eigenvalue weighted by Gasteiger charge is 2.18. The molecule has 0 radical (unpaired) electrons. The molecular weight excluding hydrogens is 284 g/mol. The van der Waals surface area contributed by atoms with E-state index in [1.807, 2.05) is 61.6 Å². The van der Waals surface area contributed by atoms with Gasteiger partial charge < -0.3 is 9.73 Å².